The largest absolute Gasteiger partial charge is 0.480 e. The SMILES string of the molecule is NC(=O)c1cccc([C@H](N)C(=O)O)c1. The van der Waals surface area contributed by atoms with Crippen molar-refractivity contribution in [1.29, 1.82) is 0 Å². The van der Waals surface area contributed by atoms with Gasteiger partial charge < -0.3 is 16.6 Å². The van der Waals surface area contributed by atoms with Gasteiger partial charge in [-0.05, 0) is 17.7 Å². The molecule has 1 aromatic carbocycles. The number of carbonyl (C=O) groups excluding carboxylic acids is 1. The molecule has 0 spiro atoms. The third kappa shape index (κ3) is 2.08. The minimum absolute atomic E-state index is 0.249. The molecule has 1 amide bonds. The first-order valence-corrected chi connectivity index (χ1v) is 3.90. The van der Waals surface area contributed by atoms with Crippen molar-refractivity contribution >= 4 is 11.9 Å². The number of rotatable bonds is 3. The Bertz CT molecular complexity index is 376. The molecule has 1 aromatic rings. The van der Waals surface area contributed by atoms with Crippen LogP contribution in [0.25, 0.3) is 0 Å². The molecular formula is C9H10N2O3. The van der Waals surface area contributed by atoms with E-state index in [1.54, 1.807) is 0 Å². The fourth-order valence-electron chi connectivity index (χ4n) is 1.03. The number of primary amides is 1. The first kappa shape index (κ1) is 10.2. The Hall–Kier alpha value is -1.88. The van der Waals surface area contributed by atoms with Crippen molar-refractivity contribution in [3.8, 4) is 0 Å². The second-order valence-corrected chi connectivity index (χ2v) is 2.81. The molecule has 0 radical (unpaired) electrons. The maximum Gasteiger partial charge on any atom is 0.325 e. The first-order valence-electron chi connectivity index (χ1n) is 3.90. The van der Waals surface area contributed by atoms with Crippen LogP contribution in [0.5, 0.6) is 0 Å². The second-order valence-electron chi connectivity index (χ2n) is 2.81. The Morgan fingerprint density at radius 3 is 2.50 bits per heavy atom. The van der Waals surface area contributed by atoms with Crippen LogP contribution in [0.15, 0.2) is 24.3 Å². The predicted octanol–water partition coefficient (Wildman–Crippen LogP) is -0.130. The van der Waals surface area contributed by atoms with Crippen LogP contribution in [0.4, 0.5) is 0 Å². The number of carboxylic acid groups (broad SMARTS) is 1. The summed E-state index contributed by atoms with van der Waals surface area (Å²) in [6.45, 7) is 0. The van der Waals surface area contributed by atoms with Crippen LogP contribution in [0.3, 0.4) is 0 Å². The van der Waals surface area contributed by atoms with Gasteiger partial charge in [0.05, 0.1) is 0 Å². The molecule has 0 heterocycles. The number of carbonyl (C=O) groups is 2. The summed E-state index contributed by atoms with van der Waals surface area (Å²) in [5.74, 6) is -1.75. The van der Waals surface area contributed by atoms with E-state index in [0.717, 1.165) is 0 Å². The van der Waals surface area contributed by atoms with E-state index >= 15 is 0 Å². The van der Waals surface area contributed by atoms with E-state index in [0.29, 0.717) is 5.56 Å². The number of nitrogens with two attached hydrogens (primary N) is 2. The predicted molar refractivity (Wildman–Crippen MR) is 49.5 cm³/mol. The summed E-state index contributed by atoms with van der Waals surface area (Å²) in [6.07, 6.45) is 0. The van der Waals surface area contributed by atoms with Crippen molar-refractivity contribution in [1.82, 2.24) is 0 Å². The molecule has 5 N–H and O–H groups in total. The van der Waals surface area contributed by atoms with E-state index in [2.05, 4.69) is 0 Å². The maximum atomic E-state index is 10.8. The van der Waals surface area contributed by atoms with Gasteiger partial charge in [-0.2, -0.15) is 0 Å². The highest BCUT2D eigenvalue weighted by molar-refractivity contribution is 5.93. The number of hydrogen-bond donors (Lipinski definition) is 3. The van der Waals surface area contributed by atoms with Crippen LogP contribution in [0.1, 0.15) is 22.0 Å². The van der Waals surface area contributed by atoms with Gasteiger partial charge in [-0.3, -0.25) is 9.59 Å². The second kappa shape index (κ2) is 3.89. The molecule has 0 unspecified atom stereocenters. The Morgan fingerprint density at radius 1 is 1.36 bits per heavy atom. The molecule has 5 heteroatoms. The van der Waals surface area contributed by atoms with Gasteiger partial charge in [-0.25, -0.2) is 0 Å². The number of amides is 1. The van der Waals surface area contributed by atoms with Crippen molar-refractivity contribution in [3.05, 3.63) is 35.4 Å². The van der Waals surface area contributed by atoms with Crippen LogP contribution >= 0.6 is 0 Å². The molecular weight excluding hydrogens is 184 g/mol. The van der Waals surface area contributed by atoms with Crippen LogP contribution in [-0.4, -0.2) is 17.0 Å². The monoisotopic (exact) mass is 194 g/mol. The van der Waals surface area contributed by atoms with Gasteiger partial charge in [0.15, 0.2) is 0 Å². The molecule has 5 nitrogen and oxygen atoms in total. The lowest BCUT2D eigenvalue weighted by Crippen LogP contribution is -2.21. The molecule has 0 aromatic heterocycles. The topological polar surface area (TPSA) is 106 Å². The zero-order chi connectivity index (χ0) is 10.7. The van der Waals surface area contributed by atoms with E-state index < -0.39 is 17.9 Å². The fourth-order valence-corrected chi connectivity index (χ4v) is 1.03. The van der Waals surface area contributed by atoms with E-state index in [1.807, 2.05) is 0 Å². The molecule has 0 bridgehead atoms. The minimum Gasteiger partial charge on any atom is -0.480 e. The number of hydrogen-bond acceptors (Lipinski definition) is 3. The standard InChI is InChI=1S/C9H10N2O3/c10-7(9(13)14)5-2-1-3-6(4-5)8(11)12/h1-4,7H,10H2,(H2,11,12)(H,13,14)/t7-/m0/s1. The van der Waals surface area contributed by atoms with Gasteiger partial charge in [0.2, 0.25) is 5.91 Å². The molecule has 0 fully saturated rings. The Labute approximate surface area is 80.3 Å². The fraction of sp³-hybridized carbons (Fsp3) is 0.111. The summed E-state index contributed by atoms with van der Waals surface area (Å²) >= 11 is 0. The van der Waals surface area contributed by atoms with Crippen LogP contribution < -0.4 is 11.5 Å². The van der Waals surface area contributed by atoms with Crippen molar-refractivity contribution in [2.45, 2.75) is 6.04 Å². The summed E-state index contributed by atoms with van der Waals surface area (Å²) < 4.78 is 0. The Morgan fingerprint density at radius 2 is 2.00 bits per heavy atom. The third-order valence-electron chi connectivity index (χ3n) is 1.80. The lowest BCUT2D eigenvalue weighted by Gasteiger charge is -2.06. The molecule has 14 heavy (non-hydrogen) atoms. The summed E-state index contributed by atoms with van der Waals surface area (Å²) in [5.41, 5.74) is 11.0. The molecule has 1 atom stereocenters. The summed E-state index contributed by atoms with van der Waals surface area (Å²) in [5, 5.41) is 8.62. The Kier molecular flexibility index (Phi) is 2.83. The highest BCUT2D eigenvalue weighted by Crippen LogP contribution is 2.12. The summed E-state index contributed by atoms with van der Waals surface area (Å²) in [4.78, 5) is 21.3. The summed E-state index contributed by atoms with van der Waals surface area (Å²) in [7, 11) is 0. The average molecular weight is 194 g/mol. The van der Waals surface area contributed by atoms with E-state index in [1.165, 1.54) is 24.3 Å². The maximum absolute atomic E-state index is 10.8. The van der Waals surface area contributed by atoms with Gasteiger partial charge in [0.25, 0.3) is 0 Å². The zero-order valence-electron chi connectivity index (χ0n) is 7.31. The van der Waals surface area contributed by atoms with Crippen molar-refractivity contribution in [2.75, 3.05) is 0 Å². The minimum atomic E-state index is -1.15. The Balaban J connectivity index is 3.05. The molecule has 0 aliphatic rings. The summed E-state index contributed by atoms with van der Waals surface area (Å²) in [6, 6.07) is 4.82. The smallest absolute Gasteiger partial charge is 0.325 e. The first-order chi connectivity index (χ1) is 6.52. The average Bonchev–Trinajstić information content (AvgIpc) is 2.16. The van der Waals surface area contributed by atoms with E-state index in [9.17, 15) is 9.59 Å². The van der Waals surface area contributed by atoms with Crippen LogP contribution in [0.2, 0.25) is 0 Å². The van der Waals surface area contributed by atoms with Gasteiger partial charge in [0.1, 0.15) is 6.04 Å². The van der Waals surface area contributed by atoms with Gasteiger partial charge in [-0.15, -0.1) is 0 Å². The van der Waals surface area contributed by atoms with Crippen molar-refractivity contribution < 1.29 is 14.7 Å². The van der Waals surface area contributed by atoms with E-state index in [-0.39, 0.29) is 5.56 Å². The van der Waals surface area contributed by atoms with Crippen molar-refractivity contribution in [2.24, 2.45) is 11.5 Å². The third-order valence-corrected chi connectivity index (χ3v) is 1.80. The number of benzene rings is 1. The number of carboxylic acids is 1. The van der Waals surface area contributed by atoms with Crippen LogP contribution in [-0.2, 0) is 4.79 Å². The molecule has 0 saturated heterocycles. The molecule has 0 aliphatic carbocycles. The molecule has 0 saturated carbocycles. The van der Waals surface area contributed by atoms with Gasteiger partial charge in [0, 0.05) is 5.56 Å². The number of aliphatic carboxylic acids is 1. The lowest BCUT2D eigenvalue weighted by atomic mass is 10.0. The highest BCUT2D eigenvalue weighted by Gasteiger charge is 2.14. The van der Waals surface area contributed by atoms with E-state index in [4.69, 9.17) is 16.6 Å². The molecule has 74 valence electrons. The van der Waals surface area contributed by atoms with Crippen molar-refractivity contribution in [3.63, 3.8) is 0 Å². The quantitative estimate of drug-likeness (QED) is 0.623. The molecule has 1 rings (SSSR count). The highest BCUT2D eigenvalue weighted by atomic mass is 16.4. The van der Waals surface area contributed by atoms with Gasteiger partial charge in [-0.1, -0.05) is 12.1 Å². The van der Waals surface area contributed by atoms with Gasteiger partial charge >= 0.3 is 5.97 Å². The molecule has 0 aliphatic heterocycles. The normalized spacial score (nSPS) is 12.1. The van der Waals surface area contributed by atoms with Crippen LogP contribution in [0, 0.1) is 0 Å². The zero-order valence-corrected chi connectivity index (χ0v) is 7.31. The lowest BCUT2D eigenvalue weighted by molar-refractivity contribution is -0.138.